The number of phenolic OH excluding ortho intramolecular Hbond substituents is 1. The molecule has 1 fully saturated rings. The lowest BCUT2D eigenvalue weighted by Gasteiger charge is -2.26. The van der Waals surface area contributed by atoms with Crippen molar-refractivity contribution in [3.05, 3.63) is 23.3 Å². The number of aromatic hydroxyl groups is 1. The fourth-order valence-corrected chi connectivity index (χ4v) is 4.34. The van der Waals surface area contributed by atoms with Crippen LogP contribution in [0.5, 0.6) is 11.5 Å². The molecule has 2 unspecified atom stereocenters. The molecule has 2 nitrogen and oxygen atoms in total. The minimum absolute atomic E-state index is 0.0929. The number of benzene rings is 1. The van der Waals surface area contributed by atoms with Crippen LogP contribution >= 0.6 is 0 Å². The molecule has 128 valence electrons. The van der Waals surface area contributed by atoms with Gasteiger partial charge in [0.25, 0.3) is 0 Å². The predicted octanol–water partition coefficient (Wildman–Crippen LogP) is 6.06. The maximum atomic E-state index is 10.7. The van der Waals surface area contributed by atoms with Crippen LogP contribution in [0.4, 0.5) is 0 Å². The summed E-state index contributed by atoms with van der Waals surface area (Å²) in [5.41, 5.74) is 2.40. The summed E-state index contributed by atoms with van der Waals surface area (Å²) in [5, 5.41) is 10.7. The molecule has 23 heavy (non-hydrogen) atoms. The van der Waals surface area contributed by atoms with Gasteiger partial charge in [-0.15, -0.1) is 0 Å². The number of phenols is 1. The Balaban J connectivity index is 1.86. The summed E-state index contributed by atoms with van der Waals surface area (Å²) >= 11 is 0. The molecule has 1 aliphatic heterocycles. The van der Waals surface area contributed by atoms with Crippen molar-refractivity contribution in [3.63, 3.8) is 0 Å². The molecule has 0 aromatic heterocycles. The summed E-state index contributed by atoms with van der Waals surface area (Å²) in [4.78, 5) is 0. The van der Waals surface area contributed by atoms with Crippen molar-refractivity contribution in [1.82, 2.24) is 0 Å². The van der Waals surface area contributed by atoms with Crippen LogP contribution in [-0.2, 0) is 5.41 Å². The molecular weight excluding hydrogens is 284 g/mol. The quantitative estimate of drug-likeness (QED) is 0.669. The van der Waals surface area contributed by atoms with Gasteiger partial charge < -0.3 is 9.84 Å². The SMILES string of the molecule is CCCCCC(C)(C)c1cc(O)c2c(c1)OC1CCCCCC21. The second-order valence-electron chi connectivity index (χ2n) is 8.15. The zero-order valence-corrected chi connectivity index (χ0v) is 15.0. The monoisotopic (exact) mass is 316 g/mol. The van der Waals surface area contributed by atoms with Gasteiger partial charge in [0.1, 0.15) is 17.6 Å². The Morgan fingerprint density at radius 2 is 1.91 bits per heavy atom. The van der Waals surface area contributed by atoms with Crippen LogP contribution in [0.2, 0.25) is 0 Å². The predicted molar refractivity (Wildman–Crippen MR) is 95.5 cm³/mol. The summed E-state index contributed by atoms with van der Waals surface area (Å²) < 4.78 is 6.27. The topological polar surface area (TPSA) is 29.5 Å². The van der Waals surface area contributed by atoms with Crippen LogP contribution in [0.1, 0.15) is 95.6 Å². The van der Waals surface area contributed by atoms with E-state index < -0.39 is 0 Å². The van der Waals surface area contributed by atoms with Gasteiger partial charge in [-0.05, 0) is 48.8 Å². The lowest BCUT2D eigenvalue weighted by molar-refractivity contribution is 0.196. The second kappa shape index (κ2) is 6.75. The van der Waals surface area contributed by atoms with Crippen molar-refractivity contribution in [2.45, 2.75) is 96.0 Å². The number of rotatable bonds is 5. The first-order valence-corrected chi connectivity index (χ1v) is 9.57. The van der Waals surface area contributed by atoms with Gasteiger partial charge in [-0.1, -0.05) is 52.9 Å². The molecule has 1 aromatic rings. The molecule has 1 N–H and O–H groups in total. The molecule has 0 bridgehead atoms. The molecule has 2 aliphatic rings. The summed E-state index contributed by atoms with van der Waals surface area (Å²) in [7, 11) is 0. The van der Waals surface area contributed by atoms with Gasteiger partial charge in [-0.3, -0.25) is 0 Å². The summed E-state index contributed by atoms with van der Waals surface area (Å²) in [6, 6.07) is 4.23. The normalized spacial score (nSPS) is 23.8. The Bertz CT molecular complexity index is 547. The average Bonchev–Trinajstić information content (AvgIpc) is 2.70. The van der Waals surface area contributed by atoms with Crippen LogP contribution in [0.3, 0.4) is 0 Å². The molecule has 2 atom stereocenters. The van der Waals surface area contributed by atoms with E-state index in [9.17, 15) is 5.11 Å². The van der Waals surface area contributed by atoms with Gasteiger partial charge in [-0.25, -0.2) is 0 Å². The molecule has 3 rings (SSSR count). The van der Waals surface area contributed by atoms with E-state index in [1.165, 1.54) is 44.1 Å². The van der Waals surface area contributed by atoms with Gasteiger partial charge in [0.15, 0.2) is 0 Å². The van der Waals surface area contributed by atoms with Gasteiger partial charge in [0.2, 0.25) is 0 Å². The highest BCUT2D eigenvalue weighted by atomic mass is 16.5. The summed E-state index contributed by atoms with van der Waals surface area (Å²) in [6.45, 7) is 6.82. The fraction of sp³-hybridized carbons (Fsp3) is 0.714. The molecule has 0 radical (unpaired) electrons. The molecule has 0 amide bonds. The summed E-state index contributed by atoms with van der Waals surface area (Å²) in [5.74, 6) is 1.83. The fourth-order valence-electron chi connectivity index (χ4n) is 4.34. The van der Waals surface area contributed by atoms with Crippen LogP contribution in [0.25, 0.3) is 0 Å². The molecule has 1 aliphatic carbocycles. The van der Waals surface area contributed by atoms with Crippen molar-refractivity contribution in [3.8, 4) is 11.5 Å². The minimum Gasteiger partial charge on any atom is -0.508 e. The van der Waals surface area contributed by atoms with Crippen LogP contribution in [0.15, 0.2) is 12.1 Å². The Labute approximate surface area is 141 Å². The minimum atomic E-state index is 0.0929. The Morgan fingerprint density at radius 1 is 1.13 bits per heavy atom. The second-order valence-corrected chi connectivity index (χ2v) is 8.15. The smallest absolute Gasteiger partial charge is 0.127 e. The van der Waals surface area contributed by atoms with E-state index in [0.29, 0.717) is 11.7 Å². The lowest BCUT2D eigenvalue weighted by Crippen LogP contribution is -2.17. The Morgan fingerprint density at radius 3 is 2.70 bits per heavy atom. The van der Waals surface area contributed by atoms with E-state index >= 15 is 0 Å². The number of ether oxygens (including phenoxy) is 1. The molecule has 0 spiro atoms. The number of hydrogen-bond acceptors (Lipinski definition) is 2. The van der Waals surface area contributed by atoms with E-state index in [1.807, 2.05) is 6.07 Å². The first-order valence-electron chi connectivity index (χ1n) is 9.57. The maximum absolute atomic E-state index is 10.7. The van der Waals surface area contributed by atoms with E-state index in [1.54, 1.807) is 0 Å². The summed E-state index contributed by atoms with van der Waals surface area (Å²) in [6.07, 6.45) is 11.3. The highest BCUT2D eigenvalue weighted by Gasteiger charge is 2.38. The Kier molecular flexibility index (Phi) is 4.89. The number of fused-ring (bicyclic) bond motifs is 3. The zero-order chi connectivity index (χ0) is 16.4. The maximum Gasteiger partial charge on any atom is 0.127 e. The molecule has 2 heteroatoms. The van der Waals surface area contributed by atoms with E-state index in [-0.39, 0.29) is 11.5 Å². The standard InChI is InChI=1S/C21H32O2/c1-4-5-9-12-21(2,3)15-13-17(22)20-16-10-7-6-8-11-18(16)23-19(20)14-15/h13-14,16,18,22H,4-12H2,1-3H3. The molecule has 1 heterocycles. The van der Waals surface area contributed by atoms with Gasteiger partial charge in [0, 0.05) is 11.5 Å². The van der Waals surface area contributed by atoms with Crippen molar-refractivity contribution in [2.75, 3.05) is 0 Å². The van der Waals surface area contributed by atoms with E-state index in [2.05, 4.69) is 26.8 Å². The highest BCUT2D eigenvalue weighted by molar-refractivity contribution is 5.54. The van der Waals surface area contributed by atoms with Crippen molar-refractivity contribution in [2.24, 2.45) is 0 Å². The van der Waals surface area contributed by atoms with Crippen molar-refractivity contribution >= 4 is 0 Å². The molecule has 1 saturated carbocycles. The van der Waals surface area contributed by atoms with E-state index in [0.717, 1.165) is 30.6 Å². The average molecular weight is 316 g/mol. The van der Waals surface area contributed by atoms with E-state index in [4.69, 9.17) is 4.74 Å². The van der Waals surface area contributed by atoms with Crippen LogP contribution in [0, 0.1) is 0 Å². The highest BCUT2D eigenvalue weighted by Crippen LogP contribution is 2.50. The number of hydrogen-bond donors (Lipinski definition) is 1. The Hall–Kier alpha value is -1.18. The molecule has 0 saturated heterocycles. The lowest BCUT2D eigenvalue weighted by atomic mass is 9.78. The molecular formula is C21H32O2. The van der Waals surface area contributed by atoms with Crippen LogP contribution < -0.4 is 4.74 Å². The molecule has 1 aromatic carbocycles. The van der Waals surface area contributed by atoms with Crippen LogP contribution in [-0.4, -0.2) is 11.2 Å². The number of unbranched alkanes of at least 4 members (excludes halogenated alkanes) is 2. The van der Waals surface area contributed by atoms with Crippen molar-refractivity contribution in [1.29, 1.82) is 0 Å². The van der Waals surface area contributed by atoms with Crippen molar-refractivity contribution < 1.29 is 9.84 Å². The first kappa shape index (κ1) is 16.7. The van der Waals surface area contributed by atoms with Gasteiger partial charge >= 0.3 is 0 Å². The third-order valence-corrected chi connectivity index (χ3v) is 5.91. The third-order valence-electron chi connectivity index (χ3n) is 5.91. The zero-order valence-electron chi connectivity index (χ0n) is 15.0. The third kappa shape index (κ3) is 3.36. The first-order chi connectivity index (χ1) is 11.0. The van der Waals surface area contributed by atoms with Gasteiger partial charge in [-0.2, -0.15) is 0 Å². The van der Waals surface area contributed by atoms with Gasteiger partial charge in [0.05, 0.1) is 0 Å². The largest absolute Gasteiger partial charge is 0.508 e.